The molecule has 106 valence electrons. The predicted molar refractivity (Wildman–Crippen MR) is 89.5 cm³/mol. The minimum atomic E-state index is 0.0614. The van der Waals surface area contributed by atoms with E-state index < -0.39 is 0 Å². The van der Waals surface area contributed by atoms with E-state index in [1.165, 1.54) is 22.4 Å². The number of rotatable bonds is 6. The van der Waals surface area contributed by atoms with Gasteiger partial charge in [0, 0.05) is 21.7 Å². The van der Waals surface area contributed by atoms with E-state index >= 15 is 0 Å². The molecule has 3 heteroatoms. The van der Waals surface area contributed by atoms with Gasteiger partial charge in [0.05, 0.1) is 0 Å². The van der Waals surface area contributed by atoms with Crippen molar-refractivity contribution in [2.45, 2.75) is 30.7 Å². The molecule has 1 atom stereocenters. The van der Waals surface area contributed by atoms with Gasteiger partial charge in [0.15, 0.2) is 0 Å². The maximum atomic E-state index is 6.25. The molecule has 20 heavy (non-hydrogen) atoms. The number of hydrogen-bond donors (Lipinski definition) is 1. The van der Waals surface area contributed by atoms with Crippen molar-refractivity contribution in [3.05, 3.63) is 64.7 Å². The fraction of sp³-hybridized carbons (Fsp3) is 0.294. The van der Waals surface area contributed by atoms with Gasteiger partial charge in [-0.05, 0) is 41.8 Å². The second kappa shape index (κ2) is 7.72. The smallest absolute Gasteiger partial charge is 0.0406 e. The molecule has 0 aliphatic carbocycles. The van der Waals surface area contributed by atoms with Crippen molar-refractivity contribution in [2.75, 3.05) is 5.75 Å². The second-order valence-corrected chi connectivity index (χ2v) is 6.39. The fourth-order valence-corrected chi connectivity index (χ4v) is 3.05. The first kappa shape index (κ1) is 15.4. The Morgan fingerprint density at radius 2 is 1.70 bits per heavy atom. The van der Waals surface area contributed by atoms with Crippen LogP contribution in [0.5, 0.6) is 0 Å². The monoisotopic (exact) mass is 305 g/mol. The summed E-state index contributed by atoms with van der Waals surface area (Å²) in [6.45, 7) is 2.20. The first-order valence-electron chi connectivity index (χ1n) is 6.92. The van der Waals surface area contributed by atoms with E-state index in [-0.39, 0.29) is 6.04 Å². The highest BCUT2D eigenvalue weighted by atomic mass is 35.5. The quantitative estimate of drug-likeness (QED) is 0.753. The van der Waals surface area contributed by atoms with E-state index in [9.17, 15) is 0 Å². The molecule has 1 unspecified atom stereocenters. The van der Waals surface area contributed by atoms with Gasteiger partial charge in [-0.1, -0.05) is 49.2 Å². The van der Waals surface area contributed by atoms with Crippen molar-refractivity contribution in [1.29, 1.82) is 0 Å². The number of benzene rings is 2. The summed E-state index contributed by atoms with van der Waals surface area (Å²) in [5.74, 6) is 0.870. The Kier molecular flexibility index (Phi) is 5.96. The van der Waals surface area contributed by atoms with E-state index in [1.54, 1.807) is 11.8 Å². The minimum Gasteiger partial charge on any atom is -0.323 e. The number of nitrogens with two attached hydrogens (primary N) is 1. The highest BCUT2D eigenvalue weighted by Gasteiger charge is 2.06. The summed E-state index contributed by atoms with van der Waals surface area (Å²) in [6, 6.07) is 16.6. The normalized spacial score (nSPS) is 12.3. The number of thioether (sulfide) groups is 1. The summed E-state index contributed by atoms with van der Waals surface area (Å²) in [7, 11) is 0. The lowest BCUT2D eigenvalue weighted by Gasteiger charge is -2.12. The molecule has 0 fully saturated rings. The lowest BCUT2D eigenvalue weighted by molar-refractivity contribution is 0.828. The second-order valence-electron chi connectivity index (χ2n) is 4.86. The molecule has 0 heterocycles. The van der Waals surface area contributed by atoms with E-state index in [4.69, 9.17) is 17.3 Å². The molecule has 2 aromatic rings. The molecule has 0 amide bonds. The summed E-state index contributed by atoms with van der Waals surface area (Å²) >= 11 is 7.64. The van der Waals surface area contributed by atoms with Crippen LogP contribution in [0.3, 0.4) is 0 Å². The molecule has 0 bridgehead atoms. The van der Waals surface area contributed by atoms with Crippen LogP contribution in [0.15, 0.2) is 53.4 Å². The van der Waals surface area contributed by atoms with E-state index in [0.29, 0.717) is 0 Å². The highest BCUT2D eigenvalue weighted by Crippen LogP contribution is 2.25. The zero-order chi connectivity index (χ0) is 14.4. The third-order valence-electron chi connectivity index (χ3n) is 3.19. The third-order valence-corrected chi connectivity index (χ3v) is 4.57. The van der Waals surface area contributed by atoms with E-state index in [2.05, 4.69) is 31.2 Å². The van der Waals surface area contributed by atoms with Gasteiger partial charge in [-0.2, -0.15) is 0 Å². The van der Waals surface area contributed by atoms with Gasteiger partial charge >= 0.3 is 0 Å². The fourth-order valence-electron chi connectivity index (χ4n) is 2.03. The summed E-state index contributed by atoms with van der Waals surface area (Å²) in [5, 5.41) is 0.769. The van der Waals surface area contributed by atoms with Crippen LogP contribution >= 0.6 is 23.4 Å². The highest BCUT2D eigenvalue weighted by molar-refractivity contribution is 7.99. The molecule has 0 saturated carbocycles. The zero-order valence-corrected chi connectivity index (χ0v) is 13.3. The van der Waals surface area contributed by atoms with E-state index in [0.717, 1.165) is 17.2 Å². The molecule has 1 nitrogen and oxygen atoms in total. The van der Waals surface area contributed by atoms with Gasteiger partial charge in [0.1, 0.15) is 0 Å². The standard InChI is InChI=1S/C17H20ClNS/c1-2-3-13-4-6-14(7-5-13)17(19)12-20-16-10-8-15(18)9-11-16/h4-11,17H,2-3,12,19H2,1H3. The Bertz CT molecular complexity index is 522. The summed E-state index contributed by atoms with van der Waals surface area (Å²) in [5.41, 5.74) is 8.83. The van der Waals surface area contributed by atoms with Crippen LogP contribution in [-0.2, 0) is 6.42 Å². The van der Waals surface area contributed by atoms with Gasteiger partial charge in [-0.3, -0.25) is 0 Å². The molecular formula is C17H20ClNS. The Morgan fingerprint density at radius 3 is 2.30 bits per heavy atom. The first-order chi connectivity index (χ1) is 9.69. The van der Waals surface area contributed by atoms with Crippen LogP contribution in [-0.4, -0.2) is 5.75 Å². The Morgan fingerprint density at radius 1 is 1.05 bits per heavy atom. The molecule has 0 aliphatic rings. The summed E-state index contributed by atoms with van der Waals surface area (Å²) < 4.78 is 0. The average molecular weight is 306 g/mol. The van der Waals surface area contributed by atoms with Crippen LogP contribution in [0.4, 0.5) is 0 Å². The topological polar surface area (TPSA) is 26.0 Å². The predicted octanol–water partition coefficient (Wildman–Crippen LogP) is 5.08. The van der Waals surface area contributed by atoms with Crippen molar-refractivity contribution < 1.29 is 0 Å². The average Bonchev–Trinajstić information content (AvgIpc) is 2.47. The van der Waals surface area contributed by atoms with Crippen LogP contribution in [0.25, 0.3) is 0 Å². The summed E-state index contributed by atoms with van der Waals surface area (Å²) in [6.07, 6.45) is 2.31. The van der Waals surface area contributed by atoms with Gasteiger partial charge in [-0.25, -0.2) is 0 Å². The maximum absolute atomic E-state index is 6.25. The molecule has 2 N–H and O–H groups in total. The molecule has 0 saturated heterocycles. The maximum Gasteiger partial charge on any atom is 0.0406 e. The first-order valence-corrected chi connectivity index (χ1v) is 8.28. The minimum absolute atomic E-state index is 0.0614. The van der Waals surface area contributed by atoms with Crippen LogP contribution < -0.4 is 5.73 Å². The number of aryl methyl sites for hydroxylation is 1. The van der Waals surface area contributed by atoms with Gasteiger partial charge < -0.3 is 5.73 Å². The van der Waals surface area contributed by atoms with Crippen LogP contribution in [0, 0.1) is 0 Å². The molecule has 2 aromatic carbocycles. The lowest BCUT2D eigenvalue weighted by Crippen LogP contribution is -2.12. The molecule has 0 aliphatic heterocycles. The molecule has 2 rings (SSSR count). The van der Waals surface area contributed by atoms with Gasteiger partial charge in [-0.15, -0.1) is 11.8 Å². The Labute approximate surface area is 130 Å². The number of hydrogen-bond acceptors (Lipinski definition) is 2. The van der Waals surface area contributed by atoms with Crippen LogP contribution in [0.2, 0.25) is 5.02 Å². The molecule has 0 spiro atoms. The Balaban J connectivity index is 1.90. The van der Waals surface area contributed by atoms with Crippen molar-refractivity contribution >= 4 is 23.4 Å². The van der Waals surface area contributed by atoms with Crippen molar-refractivity contribution in [2.24, 2.45) is 5.73 Å². The zero-order valence-electron chi connectivity index (χ0n) is 11.7. The lowest BCUT2D eigenvalue weighted by atomic mass is 10.0. The van der Waals surface area contributed by atoms with E-state index in [1.807, 2.05) is 24.3 Å². The summed E-state index contributed by atoms with van der Waals surface area (Å²) in [4.78, 5) is 1.20. The van der Waals surface area contributed by atoms with Crippen LogP contribution in [0.1, 0.15) is 30.5 Å². The van der Waals surface area contributed by atoms with Crippen molar-refractivity contribution in [3.63, 3.8) is 0 Å². The number of halogens is 1. The van der Waals surface area contributed by atoms with Gasteiger partial charge in [0.25, 0.3) is 0 Å². The SMILES string of the molecule is CCCc1ccc(C(N)CSc2ccc(Cl)cc2)cc1. The van der Waals surface area contributed by atoms with Crippen molar-refractivity contribution in [3.8, 4) is 0 Å². The van der Waals surface area contributed by atoms with Gasteiger partial charge in [0.2, 0.25) is 0 Å². The molecule has 0 aromatic heterocycles. The largest absolute Gasteiger partial charge is 0.323 e. The Hall–Kier alpha value is -0.960. The van der Waals surface area contributed by atoms with Crippen molar-refractivity contribution in [1.82, 2.24) is 0 Å². The third kappa shape index (κ3) is 4.55. The molecular weight excluding hydrogens is 286 g/mol. The molecule has 0 radical (unpaired) electrons.